The molecule has 6 heteroatoms. The van der Waals surface area contributed by atoms with Gasteiger partial charge in [-0.1, -0.05) is 11.6 Å². The smallest absolute Gasteiger partial charge is 0.131 e. The Kier molecular flexibility index (Phi) is 4.84. The lowest BCUT2D eigenvalue weighted by Crippen LogP contribution is -2.47. The van der Waals surface area contributed by atoms with Crippen molar-refractivity contribution in [1.82, 2.24) is 9.88 Å². The molecule has 1 N–H and O–H groups in total. The van der Waals surface area contributed by atoms with Crippen molar-refractivity contribution in [1.29, 1.82) is 0 Å². The maximum atomic E-state index is 8.90. The van der Waals surface area contributed by atoms with E-state index in [0.717, 1.165) is 42.0 Å². The number of pyridine rings is 1. The van der Waals surface area contributed by atoms with E-state index in [1.54, 1.807) is 6.20 Å². The zero-order valence-electron chi connectivity index (χ0n) is 9.44. The Morgan fingerprint density at radius 1 is 1.35 bits per heavy atom. The van der Waals surface area contributed by atoms with Gasteiger partial charge in [-0.15, -0.1) is 0 Å². The van der Waals surface area contributed by atoms with Gasteiger partial charge in [0.05, 0.1) is 15.9 Å². The quantitative estimate of drug-likeness (QED) is 0.648. The Morgan fingerprint density at radius 2 is 2.06 bits per heavy atom. The monoisotopic (exact) mass is 367 g/mol. The molecule has 1 aromatic heterocycles. The second-order valence-corrected chi connectivity index (χ2v) is 5.56. The highest BCUT2D eigenvalue weighted by atomic mass is 127. The van der Waals surface area contributed by atoms with E-state index < -0.39 is 0 Å². The lowest BCUT2D eigenvalue weighted by atomic mass is 10.2. The molecular formula is C11H15ClIN3O. The number of halogens is 2. The summed E-state index contributed by atoms with van der Waals surface area (Å²) < 4.78 is 1.13. The SMILES string of the molecule is OCCN1CCN(c2cc(Cl)ncc2I)CC1. The Morgan fingerprint density at radius 3 is 2.71 bits per heavy atom. The molecule has 2 heterocycles. The van der Waals surface area contributed by atoms with Crippen LogP contribution in [0.15, 0.2) is 12.3 Å². The summed E-state index contributed by atoms with van der Waals surface area (Å²) in [5.41, 5.74) is 1.16. The van der Waals surface area contributed by atoms with Crippen molar-refractivity contribution in [2.24, 2.45) is 0 Å². The van der Waals surface area contributed by atoms with Crippen LogP contribution in [0.25, 0.3) is 0 Å². The molecule has 0 amide bonds. The summed E-state index contributed by atoms with van der Waals surface area (Å²) in [4.78, 5) is 8.66. The molecule has 0 unspecified atom stereocenters. The molecule has 1 aromatic rings. The van der Waals surface area contributed by atoms with Gasteiger partial charge in [-0.25, -0.2) is 4.98 Å². The molecule has 0 bridgehead atoms. The average molecular weight is 368 g/mol. The molecule has 0 spiro atoms. The average Bonchev–Trinajstić information content (AvgIpc) is 2.34. The number of hydrogen-bond acceptors (Lipinski definition) is 4. The molecule has 4 nitrogen and oxygen atoms in total. The van der Waals surface area contributed by atoms with Crippen molar-refractivity contribution in [2.45, 2.75) is 0 Å². The topological polar surface area (TPSA) is 39.6 Å². The first-order chi connectivity index (χ1) is 8.20. The molecule has 0 aromatic carbocycles. The number of aliphatic hydroxyl groups excluding tert-OH is 1. The van der Waals surface area contributed by atoms with Crippen LogP contribution < -0.4 is 4.90 Å². The van der Waals surface area contributed by atoms with E-state index in [1.807, 2.05) is 6.07 Å². The zero-order chi connectivity index (χ0) is 12.3. The summed E-state index contributed by atoms with van der Waals surface area (Å²) in [5.74, 6) is 0. The summed E-state index contributed by atoms with van der Waals surface area (Å²) >= 11 is 8.21. The maximum Gasteiger partial charge on any atom is 0.131 e. The van der Waals surface area contributed by atoms with Gasteiger partial charge in [-0.05, 0) is 28.7 Å². The second-order valence-electron chi connectivity index (χ2n) is 4.01. The van der Waals surface area contributed by atoms with Crippen molar-refractivity contribution in [3.05, 3.63) is 21.0 Å². The van der Waals surface area contributed by atoms with Crippen LogP contribution in [0.4, 0.5) is 5.69 Å². The lowest BCUT2D eigenvalue weighted by Gasteiger charge is -2.36. The second kappa shape index (κ2) is 6.17. The molecule has 0 aliphatic carbocycles. The van der Waals surface area contributed by atoms with Crippen LogP contribution in [0.1, 0.15) is 0 Å². The minimum atomic E-state index is 0.235. The maximum absolute atomic E-state index is 8.90. The fraction of sp³-hybridized carbons (Fsp3) is 0.545. The van der Waals surface area contributed by atoms with Crippen molar-refractivity contribution in [2.75, 3.05) is 44.2 Å². The summed E-state index contributed by atoms with van der Waals surface area (Å²) in [5, 5.41) is 9.44. The molecule has 1 fully saturated rings. The number of hydrogen-bond donors (Lipinski definition) is 1. The Bertz CT molecular complexity index is 383. The number of aromatic nitrogens is 1. The first kappa shape index (κ1) is 13.3. The first-order valence-electron chi connectivity index (χ1n) is 5.60. The predicted molar refractivity (Wildman–Crippen MR) is 77.7 cm³/mol. The largest absolute Gasteiger partial charge is 0.395 e. The number of piperazine rings is 1. The van der Waals surface area contributed by atoms with Crippen LogP contribution in [0, 0.1) is 3.57 Å². The Hall–Kier alpha value is -0.110. The predicted octanol–water partition coefficient (Wildman–Crippen LogP) is 1.45. The molecule has 2 rings (SSSR count). The number of rotatable bonds is 3. The van der Waals surface area contributed by atoms with E-state index in [1.165, 1.54) is 0 Å². The molecule has 0 atom stereocenters. The van der Waals surface area contributed by atoms with Gasteiger partial charge in [-0.2, -0.15) is 0 Å². The van der Waals surface area contributed by atoms with Gasteiger partial charge >= 0.3 is 0 Å². The van der Waals surface area contributed by atoms with Gasteiger partial charge in [0.25, 0.3) is 0 Å². The summed E-state index contributed by atoms with van der Waals surface area (Å²) in [7, 11) is 0. The van der Waals surface area contributed by atoms with Crippen LogP contribution in [0.5, 0.6) is 0 Å². The van der Waals surface area contributed by atoms with Crippen LogP contribution >= 0.6 is 34.2 Å². The van der Waals surface area contributed by atoms with Crippen molar-refractivity contribution >= 4 is 39.9 Å². The summed E-state index contributed by atoms with van der Waals surface area (Å²) in [6.07, 6.45) is 1.80. The molecule has 1 saturated heterocycles. The zero-order valence-corrected chi connectivity index (χ0v) is 12.4. The fourth-order valence-electron chi connectivity index (χ4n) is 2.00. The molecule has 0 saturated carbocycles. The fourth-order valence-corrected chi connectivity index (χ4v) is 2.79. The molecule has 1 aliphatic rings. The number of anilines is 1. The minimum Gasteiger partial charge on any atom is -0.395 e. The van der Waals surface area contributed by atoms with Crippen LogP contribution in [0.3, 0.4) is 0 Å². The molecular weight excluding hydrogens is 352 g/mol. The molecule has 17 heavy (non-hydrogen) atoms. The lowest BCUT2D eigenvalue weighted by molar-refractivity contribution is 0.188. The minimum absolute atomic E-state index is 0.235. The van der Waals surface area contributed by atoms with Gasteiger partial charge in [0.1, 0.15) is 5.15 Å². The van der Waals surface area contributed by atoms with Crippen LogP contribution in [-0.2, 0) is 0 Å². The Labute approximate surface area is 120 Å². The molecule has 0 radical (unpaired) electrons. The first-order valence-corrected chi connectivity index (χ1v) is 7.05. The highest BCUT2D eigenvalue weighted by molar-refractivity contribution is 14.1. The summed E-state index contributed by atoms with van der Waals surface area (Å²) in [6.45, 7) is 4.90. The van der Waals surface area contributed by atoms with E-state index >= 15 is 0 Å². The number of β-amino-alcohol motifs (C(OH)–C–C–N with tert-alkyl or cyclic N) is 1. The van der Waals surface area contributed by atoms with E-state index in [9.17, 15) is 0 Å². The highest BCUT2D eigenvalue weighted by Crippen LogP contribution is 2.25. The Balaban J connectivity index is 2.02. The highest BCUT2D eigenvalue weighted by Gasteiger charge is 2.18. The number of nitrogens with zero attached hydrogens (tertiary/aromatic N) is 3. The van der Waals surface area contributed by atoms with E-state index in [0.29, 0.717) is 5.15 Å². The normalized spacial score (nSPS) is 17.5. The third-order valence-corrected chi connectivity index (χ3v) is 3.97. The van der Waals surface area contributed by atoms with Crippen molar-refractivity contribution in [3.8, 4) is 0 Å². The van der Waals surface area contributed by atoms with Crippen molar-refractivity contribution in [3.63, 3.8) is 0 Å². The molecule has 94 valence electrons. The van der Waals surface area contributed by atoms with Gasteiger partial charge in [0, 0.05) is 38.9 Å². The van der Waals surface area contributed by atoms with Gasteiger partial charge in [0.2, 0.25) is 0 Å². The van der Waals surface area contributed by atoms with Crippen molar-refractivity contribution < 1.29 is 5.11 Å². The third-order valence-electron chi connectivity index (χ3n) is 2.93. The van der Waals surface area contributed by atoms with Gasteiger partial charge in [0.15, 0.2) is 0 Å². The van der Waals surface area contributed by atoms with Gasteiger partial charge in [-0.3, -0.25) is 4.90 Å². The van der Waals surface area contributed by atoms with Crippen LogP contribution in [0.2, 0.25) is 5.15 Å². The standard InChI is InChI=1S/C11H15ClIN3O/c12-11-7-10(9(13)8-14-11)16-3-1-15(2-4-16)5-6-17/h7-8,17H,1-6H2. The molecule has 1 aliphatic heterocycles. The van der Waals surface area contributed by atoms with Gasteiger partial charge < -0.3 is 10.0 Å². The van der Waals surface area contributed by atoms with Crippen LogP contribution in [-0.4, -0.2) is 54.3 Å². The van der Waals surface area contributed by atoms with E-state index in [-0.39, 0.29) is 6.61 Å². The third kappa shape index (κ3) is 3.43. The van der Waals surface area contributed by atoms with E-state index in [4.69, 9.17) is 16.7 Å². The van der Waals surface area contributed by atoms with E-state index in [2.05, 4.69) is 37.4 Å². The summed E-state index contributed by atoms with van der Waals surface area (Å²) in [6, 6.07) is 1.92. The number of aliphatic hydroxyl groups is 1.